The summed E-state index contributed by atoms with van der Waals surface area (Å²) in [6.45, 7) is 2.85. The van der Waals surface area contributed by atoms with E-state index in [0.717, 1.165) is 22.5 Å². The van der Waals surface area contributed by atoms with Crippen molar-refractivity contribution >= 4 is 38.4 Å². The van der Waals surface area contributed by atoms with E-state index in [1.54, 1.807) is 36.3 Å². The molecule has 7 heteroatoms. The summed E-state index contributed by atoms with van der Waals surface area (Å²) < 4.78 is 6.27. The van der Waals surface area contributed by atoms with Gasteiger partial charge in [0, 0.05) is 17.2 Å². The minimum atomic E-state index is -0.123. The molecule has 0 atom stereocenters. The number of benzene rings is 2. The summed E-state index contributed by atoms with van der Waals surface area (Å²) in [5, 5.41) is 0.658. The van der Waals surface area contributed by atoms with E-state index in [9.17, 15) is 9.59 Å². The van der Waals surface area contributed by atoms with Gasteiger partial charge in [-0.15, -0.1) is 0 Å². The molecule has 0 unspecified atom stereocenters. The van der Waals surface area contributed by atoms with E-state index in [-0.39, 0.29) is 11.7 Å². The third-order valence-electron chi connectivity index (χ3n) is 4.43. The highest BCUT2D eigenvalue weighted by Gasteiger charge is 2.22. The third kappa shape index (κ3) is 4.37. The molecule has 0 saturated carbocycles. The van der Waals surface area contributed by atoms with Gasteiger partial charge in [0.2, 0.25) is 0 Å². The Morgan fingerprint density at radius 1 is 1.11 bits per heavy atom. The summed E-state index contributed by atoms with van der Waals surface area (Å²) in [5.74, 6) is 0.592. The molecule has 146 valence electrons. The number of thiazole rings is 1. The maximum Gasteiger partial charge on any atom is 0.260 e. The molecule has 1 N–H and O–H groups in total. The third-order valence-corrected chi connectivity index (χ3v) is 5.49. The molecule has 1 aromatic heterocycles. The van der Waals surface area contributed by atoms with Crippen molar-refractivity contribution in [3.8, 4) is 5.75 Å². The fourth-order valence-electron chi connectivity index (χ4n) is 2.76. The van der Waals surface area contributed by atoms with Crippen LogP contribution in [0.1, 0.15) is 27.6 Å². The number of rotatable bonds is 7. The van der Waals surface area contributed by atoms with Gasteiger partial charge in [-0.25, -0.2) is 4.98 Å². The van der Waals surface area contributed by atoms with Crippen molar-refractivity contribution in [3.63, 3.8) is 0 Å². The van der Waals surface area contributed by atoms with E-state index in [4.69, 9.17) is 4.74 Å². The highest BCUT2D eigenvalue weighted by molar-refractivity contribution is 7.22. The summed E-state index contributed by atoms with van der Waals surface area (Å²) >= 11 is 1.48. The van der Waals surface area contributed by atoms with Crippen LogP contribution in [0.2, 0.25) is 0 Å². The molecule has 0 saturated heterocycles. The average Bonchev–Trinajstić information content (AvgIpc) is 3.10. The second-order valence-corrected chi connectivity index (χ2v) is 7.89. The molecule has 0 aliphatic rings. The standard InChI is InChI=1S/C21H23N3O3S/c1-14(25)15-5-7-16(8-6-15)20(26)24(12-11-23(2)3)21-22-18-13-17(27-4)9-10-19(18)28-21/h5-10,13H,11-12H2,1-4H3/p+1. The van der Waals surface area contributed by atoms with Crippen LogP contribution in [0.5, 0.6) is 5.75 Å². The van der Waals surface area contributed by atoms with E-state index in [0.29, 0.717) is 22.8 Å². The number of hydrogen-bond acceptors (Lipinski definition) is 5. The summed E-state index contributed by atoms with van der Waals surface area (Å²) in [5.41, 5.74) is 1.93. The summed E-state index contributed by atoms with van der Waals surface area (Å²) in [4.78, 5) is 32.3. The van der Waals surface area contributed by atoms with Crippen molar-refractivity contribution in [2.45, 2.75) is 6.92 Å². The van der Waals surface area contributed by atoms with Gasteiger partial charge in [0.1, 0.15) is 5.75 Å². The topological polar surface area (TPSA) is 63.9 Å². The molecule has 0 radical (unpaired) electrons. The van der Waals surface area contributed by atoms with Crippen molar-refractivity contribution in [1.29, 1.82) is 0 Å². The molecule has 3 rings (SSSR count). The molecule has 28 heavy (non-hydrogen) atoms. The van der Waals surface area contributed by atoms with Crippen LogP contribution in [-0.2, 0) is 0 Å². The number of carbonyl (C=O) groups is 2. The molecule has 6 nitrogen and oxygen atoms in total. The number of aromatic nitrogens is 1. The van der Waals surface area contributed by atoms with Crippen LogP contribution in [0.15, 0.2) is 42.5 Å². The minimum Gasteiger partial charge on any atom is -0.497 e. The second-order valence-electron chi connectivity index (χ2n) is 6.88. The van der Waals surface area contributed by atoms with Gasteiger partial charge in [-0.1, -0.05) is 23.5 Å². The molecular weight excluding hydrogens is 374 g/mol. The average molecular weight is 399 g/mol. The number of methoxy groups -OCH3 is 1. The van der Waals surface area contributed by atoms with Crippen LogP contribution in [0.3, 0.4) is 0 Å². The quantitative estimate of drug-likeness (QED) is 0.621. The zero-order valence-electron chi connectivity index (χ0n) is 16.5. The van der Waals surface area contributed by atoms with Crippen molar-refractivity contribution < 1.29 is 19.2 Å². The Morgan fingerprint density at radius 2 is 1.79 bits per heavy atom. The molecule has 0 aliphatic heterocycles. The summed E-state index contributed by atoms with van der Waals surface area (Å²) in [7, 11) is 5.72. The lowest BCUT2D eigenvalue weighted by atomic mass is 10.1. The van der Waals surface area contributed by atoms with Gasteiger partial charge in [0.25, 0.3) is 5.91 Å². The number of quaternary nitrogens is 1. The number of fused-ring (bicyclic) bond motifs is 1. The van der Waals surface area contributed by atoms with Gasteiger partial charge in [0.05, 0.1) is 44.5 Å². The van der Waals surface area contributed by atoms with Crippen molar-refractivity contribution in [2.75, 3.05) is 39.2 Å². The van der Waals surface area contributed by atoms with E-state index >= 15 is 0 Å². The highest BCUT2D eigenvalue weighted by atomic mass is 32.1. The predicted octanol–water partition coefficient (Wildman–Crippen LogP) is 2.30. The Balaban J connectivity index is 1.95. The lowest BCUT2D eigenvalue weighted by Crippen LogP contribution is -3.06. The second kappa shape index (κ2) is 8.50. The van der Waals surface area contributed by atoms with Crippen molar-refractivity contribution in [3.05, 3.63) is 53.6 Å². The molecule has 2 aromatic carbocycles. The Kier molecular flexibility index (Phi) is 6.06. The molecule has 1 heterocycles. The lowest BCUT2D eigenvalue weighted by molar-refractivity contribution is -0.856. The number of carbonyl (C=O) groups excluding carboxylic acids is 2. The van der Waals surface area contributed by atoms with E-state index in [1.807, 2.05) is 32.3 Å². The summed E-state index contributed by atoms with van der Waals surface area (Å²) in [6, 6.07) is 12.5. The number of ketones is 1. The van der Waals surface area contributed by atoms with Crippen molar-refractivity contribution in [1.82, 2.24) is 4.98 Å². The number of nitrogens with one attached hydrogen (secondary N) is 1. The summed E-state index contributed by atoms with van der Waals surface area (Å²) in [6.07, 6.45) is 0. The number of likely N-dealkylation sites (N-methyl/N-ethyl adjacent to an activating group) is 1. The first-order valence-electron chi connectivity index (χ1n) is 9.05. The molecule has 0 aliphatic carbocycles. The number of Topliss-reactive ketones (excluding diaryl/α,β-unsaturated/α-hetero) is 1. The predicted molar refractivity (Wildman–Crippen MR) is 112 cm³/mol. The van der Waals surface area contributed by atoms with Crippen LogP contribution in [0.4, 0.5) is 5.13 Å². The molecule has 3 aromatic rings. The molecule has 1 amide bonds. The number of nitrogens with zero attached hydrogens (tertiary/aromatic N) is 2. The number of hydrogen-bond donors (Lipinski definition) is 1. The maximum atomic E-state index is 13.2. The first-order chi connectivity index (χ1) is 13.4. The van der Waals surface area contributed by atoms with Gasteiger partial charge < -0.3 is 9.64 Å². The van der Waals surface area contributed by atoms with E-state index in [2.05, 4.69) is 4.98 Å². The monoisotopic (exact) mass is 398 g/mol. The first-order valence-corrected chi connectivity index (χ1v) is 9.87. The van der Waals surface area contributed by atoms with Crippen LogP contribution >= 0.6 is 11.3 Å². The lowest BCUT2D eigenvalue weighted by Gasteiger charge is -2.20. The van der Waals surface area contributed by atoms with Crippen molar-refractivity contribution in [2.24, 2.45) is 0 Å². The van der Waals surface area contributed by atoms with Crippen LogP contribution in [-0.4, -0.2) is 51.0 Å². The van der Waals surface area contributed by atoms with Crippen LogP contribution < -0.4 is 14.5 Å². The molecule has 0 bridgehead atoms. The van der Waals surface area contributed by atoms with Gasteiger partial charge >= 0.3 is 0 Å². The minimum absolute atomic E-state index is 0.0211. The first kappa shape index (κ1) is 20.0. The highest BCUT2D eigenvalue weighted by Crippen LogP contribution is 2.31. The number of amides is 1. The normalized spacial score (nSPS) is 11.0. The number of ether oxygens (including phenoxy) is 1. The Morgan fingerprint density at radius 3 is 2.39 bits per heavy atom. The molecule has 0 spiro atoms. The fraction of sp³-hybridized carbons (Fsp3) is 0.286. The smallest absolute Gasteiger partial charge is 0.260 e. The van der Waals surface area contributed by atoms with E-state index in [1.165, 1.54) is 23.2 Å². The largest absolute Gasteiger partial charge is 0.497 e. The maximum absolute atomic E-state index is 13.2. The molecule has 0 fully saturated rings. The van der Waals surface area contributed by atoms with Gasteiger partial charge in [-0.3, -0.25) is 14.5 Å². The van der Waals surface area contributed by atoms with Gasteiger partial charge in [0.15, 0.2) is 10.9 Å². The van der Waals surface area contributed by atoms with Gasteiger partial charge in [-0.2, -0.15) is 0 Å². The molecular formula is C21H24N3O3S+. The van der Waals surface area contributed by atoms with E-state index < -0.39 is 0 Å². The fourth-order valence-corrected chi connectivity index (χ4v) is 3.73. The Labute approximate surface area is 168 Å². The zero-order chi connectivity index (χ0) is 20.3. The Bertz CT molecular complexity index is 996. The SMILES string of the molecule is COc1ccc2sc(N(CC[NH+](C)C)C(=O)c3ccc(C(C)=O)cc3)nc2c1. The Hall–Kier alpha value is -2.77. The van der Waals surface area contributed by atoms with Crippen LogP contribution in [0, 0.1) is 0 Å². The van der Waals surface area contributed by atoms with Gasteiger partial charge in [-0.05, 0) is 31.2 Å². The van der Waals surface area contributed by atoms with Crippen LogP contribution in [0.25, 0.3) is 10.2 Å². The number of anilines is 1. The zero-order valence-corrected chi connectivity index (χ0v) is 17.3.